The van der Waals surface area contributed by atoms with E-state index < -0.39 is 10.0 Å². The van der Waals surface area contributed by atoms with Crippen molar-refractivity contribution in [3.05, 3.63) is 59.7 Å². The second-order valence-corrected chi connectivity index (χ2v) is 8.95. The normalized spacial score (nSPS) is 17.1. The molecule has 0 saturated carbocycles. The van der Waals surface area contributed by atoms with Gasteiger partial charge in [-0.25, -0.2) is 13.6 Å². The highest BCUT2D eigenvalue weighted by atomic mass is 32.2. The lowest BCUT2D eigenvalue weighted by molar-refractivity contribution is -0.119. The predicted octanol–water partition coefficient (Wildman–Crippen LogP) is 1.72. The Morgan fingerprint density at radius 2 is 1.83 bits per heavy atom. The van der Waals surface area contributed by atoms with E-state index in [2.05, 4.69) is 11.0 Å². The van der Waals surface area contributed by atoms with Gasteiger partial charge in [-0.05, 0) is 59.9 Å². The number of amides is 1. The highest BCUT2D eigenvalue weighted by Gasteiger charge is 2.27. The molecule has 2 aromatic carbocycles. The van der Waals surface area contributed by atoms with Crippen molar-refractivity contribution in [1.82, 2.24) is 4.90 Å². The summed E-state index contributed by atoms with van der Waals surface area (Å²) in [6.45, 7) is 2.33. The monoisotopic (exact) mass is 413 g/mol. The zero-order valence-corrected chi connectivity index (χ0v) is 16.7. The van der Waals surface area contributed by atoms with E-state index in [-0.39, 0.29) is 16.6 Å². The molecular weight excluding hydrogens is 390 g/mol. The molecule has 7 nitrogen and oxygen atoms in total. The van der Waals surface area contributed by atoms with E-state index >= 15 is 0 Å². The van der Waals surface area contributed by atoms with Gasteiger partial charge in [-0.15, -0.1) is 0 Å². The lowest BCUT2D eigenvalue weighted by Gasteiger charge is -2.28. The summed E-state index contributed by atoms with van der Waals surface area (Å²) in [7, 11) is -3.75. The number of benzene rings is 2. The van der Waals surface area contributed by atoms with Gasteiger partial charge in [-0.3, -0.25) is 9.69 Å². The van der Waals surface area contributed by atoms with Crippen LogP contribution in [0, 0.1) is 0 Å². The first-order valence-electron chi connectivity index (χ1n) is 9.48. The Labute approximate surface area is 170 Å². The number of aromatic hydroxyl groups is 1. The van der Waals surface area contributed by atoms with Crippen LogP contribution in [0.1, 0.15) is 17.5 Å². The number of hydrogen-bond acceptors (Lipinski definition) is 5. The molecule has 1 amide bonds. The number of carbonyl (C=O) groups is 1. The van der Waals surface area contributed by atoms with Gasteiger partial charge >= 0.3 is 0 Å². The van der Waals surface area contributed by atoms with Gasteiger partial charge in [0.1, 0.15) is 5.75 Å². The molecule has 8 heteroatoms. The lowest BCUT2D eigenvalue weighted by Crippen LogP contribution is -2.41. The van der Waals surface area contributed by atoms with Gasteiger partial charge in [0.05, 0.1) is 11.4 Å². The Morgan fingerprint density at radius 1 is 1.07 bits per heavy atom. The van der Waals surface area contributed by atoms with Gasteiger partial charge in [0, 0.05) is 25.3 Å². The van der Waals surface area contributed by atoms with Gasteiger partial charge < -0.3 is 10.0 Å². The van der Waals surface area contributed by atoms with Crippen molar-refractivity contribution in [2.45, 2.75) is 17.7 Å². The van der Waals surface area contributed by atoms with Crippen LogP contribution >= 0.6 is 0 Å². The number of hydrogen-bond donors (Lipinski definition) is 2. The molecule has 0 aromatic heterocycles. The molecule has 29 heavy (non-hydrogen) atoms. The average molecular weight is 413 g/mol. The Morgan fingerprint density at radius 3 is 2.48 bits per heavy atom. The first-order valence-corrected chi connectivity index (χ1v) is 11.0. The van der Waals surface area contributed by atoms with Crippen molar-refractivity contribution in [2.75, 3.05) is 31.1 Å². The van der Waals surface area contributed by atoms with Crippen molar-refractivity contribution in [3.8, 4) is 5.75 Å². The highest BCUT2D eigenvalue weighted by molar-refractivity contribution is 7.89. The van der Waals surface area contributed by atoms with Crippen LogP contribution in [0.5, 0.6) is 5.75 Å². The van der Waals surface area contributed by atoms with E-state index in [1.54, 1.807) is 29.2 Å². The van der Waals surface area contributed by atoms with E-state index in [0.29, 0.717) is 26.1 Å². The smallest absolute Gasteiger partial charge is 0.241 e. The molecule has 0 spiro atoms. The maximum absolute atomic E-state index is 12.8. The molecular formula is C21H23N3O4S. The molecule has 0 bridgehead atoms. The summed E-state index contributed by atoms with van der Waals surface area (Å²) in [5.74, 6) is 0.257. The summed E-state index contributed by atoms with van der Waals surface area (Å²) in [5.41, 5.74) is 3.90. The maximum atomic E-state index is 12.8. The second-order valence-electron chi connectivity index (χ2n) is 7.39. The molecule has 0 atom stereocenters. The summed E-state index contributed by atoms with van der Waals surface area (Å²) in [6.07, 6.45) is 3.58. The number of phenols is 1. The van der Waals surface area contributed by atoms with Crippen molar-refractivity contribution in [1.29, 1.82) is 0 Å². The number of anilines is 1. The molecule has 2 heterocycles. The highest BCUT2D eigenvalue weighted by Crippen LogP contribution is 2.30. The number of nitrogens with zero attached hydrogens (tertiary/aromatic N) is 2. The SMILES string of the molecule is NS(=O)(=O)c1ccc2c(c1)CCN2C(=O)CN1CC=C(c2ccc(O)cc2)CC1. The van der Waals surface area contributed by atoms with Gasteiger partial charge in [0.15, 0.2) is 0 Å². The summed E-state index contributed by atoms with van der Waals surface area (Å²) in [5, 5.41) is 14.6. The number of fused-ring (bicyclic) bond motifs is 1. The molecule has 0 aliphatic carbocycles. The molecule has 4 rings (SSSR count). The molecule has 2 aliphatic heterocycles. The number of primary sulfonamides is 1. The van der Waals surface area contributed by atoms with Crippen molar-refractivity contribution in [2.24, 2.45) is 5.14 Å². The van der Waals surface area contributed by atoms with Crippen LogP contribution in [-0.4, -0.2) is 50.5 Å². The minimum absolute atomic E-state index is 0.00795. The summed E-state index contributed by atoms with van der Waals surface area (Å²) >= 11 is 0. The number of rotatable bonds is 4. The zero-order chi connectivity index (χ0) is 20.6. The standard InChI is InChI=1S/C21H23N3O4S/c22-29(27,28)19-5-6-20-17(13-19)9-12-24(20)21(26)14-23-10-7-16(8-11-23)15-1-3-18(25)4-2-15/h1-7,13,25H,8-12,14H2,(H2,22,27,28). The Hall–Kier alpha value is -2.68. The molecule has 0 saturated heterocycles. The average Bonchev–Trinajstić information content (AvgIpc) is 3.12. The molecule has 2 aliphatic rings. The van der Waals surface area contributed by atoms with Crippen molar-refractivity contribution >= 4 is 27.2 Å². The third-order valence-corrected chi connectivity index (χ3v) is 6.38. The number of sulfonamides is 1. The van der Waals surface area contributed by atoms with E-state index in [9.17, 15) is 18.3 Å². The molecule has 3 N–H and O–H groups in total. The fourth-order valence-electron chi connectivity index (χ4n) is 3.88. The van der Waals surface area contributed by atoms with Gasteiger partial charge in [-0.1, -0.05) is 18.2 Å². The fourth-order valence-corrected chi connectivity index (χ4v) is 4.45. The first kappa shape index (κ1) is 19.6. The van der Waals surface area contributed by atoms with Gasteiger partial charge in [0.25, 0.3) is 0 Å². The Kier molecular flexibility index (Phi) is 5.16. The van der Waals surface area contributed by atoms with E-state index in [1.165, 1.54) is 11.6 Å². The minimum atomic E-state index is -3.75. The van der Waals surface area contributed by atoms with Crippen LogP contribution in [0.2, 0.25) is 0 Å². The van der Waals surface area contributed by atoms with Crippen molar-refractivity contribution in [3.63, 3.8) is 0 Å². The van der Waals surface area contributed by atoms with Crippen molar-refractivity contribution < 1.29 is 18.3 Å². The molecule has 0 unspecified atom stereocenters. The molecule has 0 fully saturated rings. The molecule has 2 aromatic rings. The topological polar surface area (TPSA) is 104 Å². The van der Waals surface area contributed by atoms with E-state index in [0.717, 1.165) is 29.8 Å². The van der Waals surface area contributed by atoms with Crippen LogP contribution in [0.15, 0.2) is 53.4 Å². The molecule has 152 valence electrons. The number of phenolic OH excluding ortho intramolecular Hbond substituents is 1. The Bertz CT molecular complexity index is 1080. The predicted molar refractivity (Wildman–Crippen MR) is 111 cm³/mol. The fraction of sp³-hybridized carbons (Fsp3) is 0.286. The number of nitrogens with two attached hydrogens (primary N) is 1. The van der Waals surface area contributed by atoms with Crippen LogP contribution in [0.4, 0.5) is 5.69 Å². The van der Waals surface area contributed by atoms with Gasteiger partial charge in [0.2, 0.25) is 15.9 Å². The maximum Gasteiger partial charge on any atom is 0.241 e. The minimum Gasteiger partial charge on any atom is -0.508 e. The van der Waals surface area contributed by atoms with E-state index in [4.69, 9.17) is 5.14 Å². The summed E-state index contributed by atoms with van der Waals surface area (Å²) < 4.78 is 23.1. The quantitative estimate of drug-likeness (QED) is 0.794. The third kappa shape index (κ3) is 4.19. The largest absolute Gasteiger partial charge is 0.508 e. The van der Waals surface area contributed by atoms with Crippen LogP contribution < -0.4 is 10.0 Å². The van der Waals surface area contributed by atoms with Crippen LogP contribution in [-0.2, 0) is 21.2 Å². The van der Waals surface area contributed by atoms with Gasteiger partial charge in [-0.2, -0.15) is 0 Å². The molecule has 0 radical (unpaired) electrons. The van der Waals surface area contributed by atoms with E-state index in [1.807, 2.05) is 12.1 Å². The first-order chi connectivity index (χ1) is 13.8. The second kappa shape index (κ2) is 7.62. The summed E-state index contributed by atoms with van der Waals surface area (Å²) in [6, 6.07) is 11.8. The third-order valence-electron chi connectivity index (χ3n) is 5.47. The summed E-state index contributed by atoms with van der Waals surface area (Å²) in [4.78, 5) is 16.7. The lowest BCUT2D eigenvalue weighted by atomic mass is 9.99. The number of carbonyl (C=O) groups excluding carboxylic acids is 1. The van der Waals surface area contributed by atoms with Crippen LogP contribution in [0.25, 0.3) is 5.57 Å². The Balaban J connectivity index is 1.41. The van der Waals surface area contributed by atoms with Crippen LogP contribution in [0.3, 0.4) is 0 Å². The zero-order valence-electron chi connectivity index (χ0n) is 15.9.